The minimum atomic E-state index is -0.118. The number of carbonyl (C=O) groups is 1. The molecular formula is C20H20N4O3. The molecule has 0 saturated carbocycles. The zero-order valence-corrected chi connectivity index (χ0v) is 15.2. The van der Waals surface area contributed by atoms with Crippen LogP contribution in [0.4, 0.5) is 5.69 Å². The molecule has 138 valence electrons. The van der Waals surface area contributed by atoms with E-state index >= 15 is 0 Å². The Balaban J connectivity index is 1.41. The number of hydrogen-bond donors (Lipinski definition) is 1. The number of nitrogens with zero attached hydrogens (tertiary/aromatic N) is 3. The van der Waals surface area contributed by atoms with E-state index in [0.717, 1.165) is 17.0 Å². The van der Waals surface area contributed by atoms with E-state index in [4.69, 9.17) is 9.47 Å². The standard InChI is InChI=1S/C20H20N4O3/c1-13-9-14(2)24(23-13)19-6-4-16(12-21-19)22-20(25)11-15-3-5-17-18(10-15)27-8-7-26-17/h3-6,9-10,12H,7-8,11H2,1-2H3,(H,22,25). The van der Waals surface area contributed by atoms with E-state index in [2.05, 4.69) is 15.4 Å². The summed E-state index contributed by atoms with van der Waals surface area (Å²) in [4.78, 5) is 16.7. The summed E-state index contributed by atoms with van der Waals surface area (Å²) < 4.78 is 12.8. The van der Waals surface area contributed by atoms with Gasteiger partial charge < -0.3 is 14.8 Å². The third kappa shape index (κ3) is 3.76. The summed E-state index contributed by atoms with van der Waals surface area (Å²) in [6.45, 7) is 4.99. The summed E-state index contributed by atoms with van der Waals surface area (Å²) in [7, 11) is 0. The fraction of sp³-hybridized carbons (Fsp3) is 0.250. The average molecular weight is 364 g/mol. The molecule has 0 bridgehead atoms. The molecule has 1 amide bonds. The summed E-state index contributed by atoms with van der Waals surface area (Å²) in [5, 5.41) is 7.27. The molecule has 1 aromatic carbocycles. The van der Waals surface area contributed by atoms with Crippen LogP contribution in [0.15, 0.2) is 42.6 Å². The van der Waals surface area contributed by atoms with E-state index in [-0.39, 0.29) is 12.3 Å². The fourth-order valence-electron chi connectivity index (χ4n) is 3.03. The minimum Gasteiger partial charge on any atom is -0.486 e. The SMILES string of the molecule is Cc1cc(C)n(-c2ccc(NC(=O)Cc3ccc4c(c3)OCCO4)cn2)n1. The second-order valence-corrected chi connectivity index (χ2v) is 6.45. The van der Waals surface area contributed by atoms with E-state index < -0.39 is 0 Å². The van der Waals surface area contributed by atoms with E-state index in [9.17, 15) is 4.79 Å². The Morgan fingerprint density at radius 3 is 2.63 bits per heavy atom. The molecular weight excluding hydrogens is 344 g/mol. The number of fused-ring (bicyclic) bond motifs is 1. The van der Waals surface area contributed by atoms with Crippen molar-refractivity contribution in [3.63, 3.8) is 0 Å². The maximum Gasteiger partial charge on any atom is 0.228 e. The lowest BCUT2D eigenvalue weighted by Crippen LogP contribution is -2.17. The topological polar surface area (TPSA) is 78.3 Å². The lowest BCUT2D eigenvalue weighted by atomic mass is 10.1. The van der Waals surface area contributed by atoms with Crippen molar-refractivity contribution < 1.29 is 14.3 Å². The molecule has 0 aliphatic carbocycles. The Morgan fingerprint density at radius 2 is 1.93 bits per heavy atom. The molecule has 1 N–H and O–H groups in total. The highest BCUT2D eigenvalue weighted by Gasteiger charge is 2.13. The number of anilines is 1. The Hall–Kier alpha value is -3.35. The lowest BCUT2D eigenvalue weighted by Gasteiger charge is -2.18. The zero-order chi connectivity index (χ0) is 18.8. The smallest absolute Gasteiger partial charge is 0.228 e. The molecule has 0 saturated heterocycles. The van der Waals surface area contributed by atoms with Crippen molar-refractivity contribution in [2.45, 2.75) is 20.3 Å². The maximum absolute atomic E-state index is 12.3. The molecule has 0 unspecified atom stereocenters. The number of pyridine rings is 1. The highest BCUT2D eigenvalue weighted by molar-refractivity contribution is 5.92. The molecule has 27 heavy (non-hydrogen) atoms. The van der Waals surface area contributed by atoms with Gasteiger partial charge in [0.05, 0.1) is 24.0 Å². The Morgan fingerprint density at radius 1 is 1.11 bits per heavy atom. The molecule has 0 fully saturated rings. The van der Waals surface area contributed by atoms with Crippen LogP contribution in [0.3, 0.4) is 0 Å². The van der Waals surface area contributed by atoms with Gasteiger partial charge in [-0.25, -0.2) is 9.67 Å². The number of carbonyl (C=O) groups excluding carboxylic acids is 1. The predicted molar refractivity (Wildman–Crippen MR) is 101 cm³/mol. The Bertz CT molecular complexity index is 979. The Kier molecular flexibility index (Phi) is 4.50. The molecule has 0 atom stereocenters. The van der Waals surface area contributed by atoms with Gasteiger partial charge in [-0.3, -0.25) is 4.79 Å². The van der Waals surface area contributed by atoms with Crippen molar-refractivity contribution in [1.82, 2.24) is 14.8 Å². The van der Waals surface area contributed by atoms with Crippen LogP contribution in [-0.4, -0.2) is 33.9 Å². The van der Waals surface area contributed by atoms with Crippen LogP contribution in [0.5, 0.6) is 11.5 Å². The third-order valence-electron chi connectivity index (χ3n) is 4.23. The number of nitrogens with one attached hydrogen (secondary N) is 1. The molecule has 1 aliphatic rings. The third-order valence-corrected chi connectivity index (χ3v) is 4.23. The van der Waals surface area contributed by atoms with Crippen molar-refractivity contribution in [3.05, 3.63) is 59.5 Å². The molecule has 2 aromatic heterocycles. The maximum atomic E-state index is 12.3. The quantitative estimate of drug-likeness (QED) is 0.770. The number of rotatable bonds is 4. The van der Waals surface area contributed by atoms with Crippen molar-refractivity contribution >= 4 is 11.6 Å². The van der Waals surface area contributed by atoms with Crippen molar-refractivity contribution in [2.24, 2.45) is 0 Å². The number of ether oxygens (including phenoxy) is 2. The first-order valence-corrected chi connectivity index (χ1v) is 8.76. The van der Waals surface area contributed by atoms with E-state index in [1.165, 1.54) is 0 Å². The Labute approximate surface area is 156 Å². The monoisotopic (exact) mass is 364 g/mol. The first-order chi connectivity index (χ1) is 13.1. The molecule has 3 aromatic rings. The lowest BCUT2D eigenvalue weighted by molar-refractivity contribution is -0.115. The number of benzene rings is 1. The van der Waals surface area contributed by atoms with Gasteiger partial charge in [-0.05, 0) is 49.7 Å². The number of amides is 1. The van der Waals surface area contributed by atoms with Gasteiger partial charge in [0.1, 0.15) is 13.2 Å². The molecule has 0 spiro atoms. The summed E-state index contributed by atoms with van der Waals surface area (Å²) in [6.07, 6.45) is 1.88. The minimum absolute atomic E-state index is 0.118. The largest absolute Gasteiger partial charge is 0.486 e. The summed E-state index contributed by atoms with van der Waals surface area (Å²) >= 11 is 0. The van der Waals surface area contributed by atoms with Crippen LogP contribution in [0.2, 0.25) is 0 Å². The van der Waals surface area contributed by atoms with Gasteiger partial charge in [-0.1, -0.05) is 6.07 Å². The van der Waals surface area contributed by atoms with Gasteiger partial charge in [0.2, 0.25) is 5.91 Å². The fourth-order valence-corrected chi connectivity index (χ4v) is 3.03. The predicted octanol–water partition coefficient (Wildman–Crippen LogP) is 2.84. The molecule has 7 heteroatoms. The normalized spacial score (nSPS) is 12.7. The first-order valence-electron chi connectivity index (χ1n) is 8.76. The first kappa shape index (κ1) is 17.1. The summed E-state index contributed by atoms with van der Waals surface area (Å²) in [5.41, 5.74) is 3.45. The van der Waals surface area contributed by atoms with Gasteiger partial charge >= 0.3 is 0 Å². The number of aryl methyl sites for hydroxylation is 2. The van der Waals surface area contributed by atoms with E-state index in [0.29, 0.717) is 36.2 Å². The van der Waals surface area contributed by atoms with Crippen molar-refractivity contribution in [2.75, 3.05) is 18.5 Å². The van der Waals surface area contributed by atoms with Gasteiger partial charge in [0.25, 0.3) is 0 Å². The highest BCUT2D eigenvalue weighted by Crippen LogP contribution is 2.30. The summed E-state index contributed by atoms with van der Waals surface area (Å²) in [5.74, 6) is 1.99. The number of hydrogen-bond acceptors (Lipinski definition) is 5. The van der Waals surface area contributed by atoms with Crippen LogP contribution < -0.4 is 14.8 Å². The van der Waals surface area contributed by atoms with Gasteiger partial charge in [-0.2, -0.15) is 5.10 Å². The van der Waals surface area contributed by atoms with E-state index in [1.807, 2.05) is 50.2 Å². The van der Waals surface area contributed by atoms with Gasteiger partial charge in [0.15, 0.2) is 17.3 Å². The molecule has 4 rings (SSSR count). The highest BCUT2D eigenvalue weighted by atomic mass is 16.6. The number of aromatic nitrogens is 3. The second-order valence-electron chi connectivity index (χ2n) is 6.45. The molecule has 1 aliphatic heterocycles. The molecule has 0 radical (unpaired) electrons. The second kappa shape index (κ2) is 7.11. The van der Waals surface area contributed by atoms with Crippen LogP contribution in [0.1, 0.15) is 17.0 Å². The van der Waals surface area contributed by atoms with Crippen molar-refractivity contribution in [1.29, 1.82) is 0 Å². The van der Waals surface area contributed by atoms with Crippen LogP contribution in [0.25, 0.3) is 5.82 Å². The summed E-state index contributed by atoms with van der Waals surface area (Å²) in [6, 6.07) is 11.2. The van der Waals surface area contributed by atoms with Crippen LogP contribution >= 0.6 is 0 Å². The van der Waals surface area contributed by atoms with E-state index in [1.54, 1.807) is 10.9 Å². The average Bonchev–Trinajstić information content (AvgIpc) is 3.00. The van der Waals surface area contributed by atoms with Gasteiger partial charge in [-0.15, -0.1) is 0 Å². The van der Waals surface area contributed by atoms with Crippen LogP contribution in [0, 0.1) is 13.8 Å². The molecule has 7 nitrogen and oxygen atoms in total. The van der Waals surface area contributed by atoms with Crippen molar-refractivity contribution in [3.8, 4) is 17.3 Å². The molecule has 3 heterocycles. The van der Waals surface area contributed by atoms with Gasteiger partial charge in [0, 0.05) is 5.69 Å². The zero-order valence-electron chi connectivity index (χ0n) is 15.2. The van der Waals surface area contributed by atoms with Crippen LogP contribution in [-0.2, 0) is 11.2 Å².